The molecule has 1 saturated carbocycles. The van der Waals surface area contributed by atoms with Crippen LogP contribution in [0.3, 0.4) is 0 Å². The molecule has 8 nitrogen and oxygen atoms in total. The largest absolute Gasteiger partial charge is 0.352 e. The highest BCUT2D eigenvalue weighted by Crippen LogP contribution is 2.22. The Morgan fingerprint density at radius 3 is 2.32 bits per heavy atom. The third kappa shape index (κ3) is 7.75. The lowest BCUT2D eigenvalue weighted by molar-refractivity contribution is -0.139. The van der Waals surface area contributed by atoms with Crippen LogP contribution in [0.25, 0.3) is 0 Å². The molecule has 0 heterocycles. The van der Waals surface area contributed by atoms with E-state index in [0.717, 1.165) is 62.9 Å². The van der Waals surface area contributed by atoms with E-state index in [2.05, 4.69) is 21.2 Å². The van der Waals surface area contributed by atoms with Crippen LogP contribution >= 0.6 is 15.9 Å². The Bertz CT molecular complexity index is 1190. The van der Waals surface area contributed by atoms with Gasteiger partial charge in [0.2, 0.25) is 11.8 Å². The lowest BCUT2D eigenvalue weighted by Gasteiger charge is -2.34. The van der Waals surface area contributed by atoms with E-state index in [4.69, 9.17) is 0 Å². The molecule has 0 bridgehead atoms. The fraction of sp³-hybridized carbons (Fsp3) is 0.462. The summed E-state index contributed by atoms with van der Waals surface area (Å²) in [5, 5.41) is 3.07. The molecule has 0 radical (unpaired) electrons. The number of hydrogen-bond acceptors (Lipinski definition) is 4. The number of amides is 2. The Kier molecular flexibility index (Phi) is 10.1. The monoisotopic (exact) mass is 596 g/mol. The van der Waals surface area contributed by atoms with E-state index in [1.54, 1.807) is 6.92 Å². The van der Waals surface area contributed by atoms with E-state index < -0.39 is 34.5 Å². The molecule has 1 aliphatic carbocycles. The van der Waals surface area contributed by atoms with Crippen molar-refractivity contribution in [2.75, 3.05) is 24.9 Å². The van der Waals surface area contributed by atoms with Gasteiger partial charge in [0.25, 0.3) is 0 Å². The lowest BCUT2D eigenvalue weighted by Crippen LogP contribution is -2.53. The molecule has 2 aromatic carbocycles. The summed E-state index contributed by atoms with van der Waals surface area (Å²) in [7, 11) is -1.38. The first-order valence-corrected chi connectivity index (χ1v) is 14.5. The number of nitrogens with zero attached hydrogens (tertiary/aromatic N) is 3. The zero-order valence-electron chi connectivity index (χ0n) is 21.4. The van der Waals surface area contributed by atoms with Gasteiger partial charge in [0.1, 0.15) is 18.4 Å². The minimum Gasteiger partial charge on any atom is -0.352 e. The van der Waals surface area contributed by atoms with Crippen molar-refractivity contribution in [3.63, 3.8) is 0 Å². The van der Waals surface area contributed by atoms with Crippen LogP contribution < -0.4 is 9.62 Å². The molecule has 1 fully saturated rings. The molecule has 37 heavy (non-hydrogen) atoms. The summed E-state index contributed by atoms with van der Waals surface area (Å²) >= 11 is 3.43. The molecule has 0 spiro atoms. The molecule has 2 aromatic rings. The molecule has 1 aliphatic rings. The van der Waals surface area contributed by atoms with Crippen molar-refractivity contribution in [3.05, 3.63) is 64.4 Å². The van der Waals surface area contributed by atoms with Gasteiger partial charge in [0, 0.05) is 31.2 Å². The van der Waals surface area contributed by atoms with Gasteiger partial charge in [-0.1, -0.05) is 47.3 Å². The number of carbonyl (C=O) groups is 2. The number of carbonyl (C=O) groups excluding carboxylic acids is 2. The van der Waals surface area contributed by atoms with Crippen molar-refractivity contribution in [2.24, 2.45) is 0 Å². The zero-order valence-corrected chi connectivity index (χ0v) is 23.8. The van der Waals surface area contributed by atoms with Crippen LogP contribution in [-0.4, -0.2) is 62.2 Å². The maximum absolute atomic E-state index is 13.7. The standard InChI is InChI=1S/C26H34BrFN4O4S/c1-19(26(34)29-23-10-5-4-6-11-23)31(17-20-8-7-9-21(27)16-20)25(33)18-32(37(35,36)30(2)3)24-14-12-22(28)13-15-24/h7-9,12-16,19,23H,4-6,10-11,17-18H2,1-3H3,(H,29,34)/t19-/m1/s1. The van der Waals surface area contributed by atoms with Crippen LogP contribution in [0.2, 0.25) is 0 Å². The fourth-order valence-corrected chi connectivity index (χ4v) is 5.81. The average molecular weight is 598 g/mol. The van der Waals surface area contributed by atoms with E-state index in [1.165, 1.54) is 31.1 Å². The molecule has 2 amide bonds. The van der Waals surface area contributed by atoms with Gasteiger partial charge in [-0.15, -0.1) is 0 Å². The molecule has 0 unspecified atom stereocenters. The highest BCUT2D eigenvalue weighted by Gasteiger charge is 2.33. The van der Waals surface area contributed by atoms with Crippen LogP contribution in [0.5, 0.6) is 0 Å². The first-order valence-electron chi connectivity index (χ1n) is 12.3. The summed E-state index contributed by atoms with van der Waals surface area (Å²) < 4.78 is 42.6. The maximum atomic E-state index is 13.7. The van der Waals surface area contributed by atoms with Gasteiger partial charge >= 0.3 is 10.2 Å². The van der Waals surface area contributed by atoms with Crippen LogP contribution in [0.4, 0.5) is 10.1 Å². The normalized spacial score (nSPS) is 15.3. The third-order valence-electron chi connectivity index (χ3n) is 6.49. The molecule has 1 atom stereocenters. The van der Waals surface area contributed by atoms with Gasteiger partial charge in [-0.25, -0.2) is 8.70 Å². The second-order valence-corrected chi connectivity index (χ2v) is 12.4. The second-order valence-electron chi connectivity index (χ2n) is 9.44. The minimum absolute atomic E-state index is 0.0661. The molecule has 0 aromatic heterocycles. The number of rotatable bonds is 10. The molecule has 1 N–H and O–H groups in total. The van der Waals surface area contributed by atoms with Crippen molar-refractivity contribution in [3.8, 4) is 0 Å². The Morgan fingerprint density at radius 1 is 1.08 bits per heavy atom. The first-order chi connectivity index (χ1) is 17.5. The van der Waals surface area contributed by atoms with Gasteiger partial charge in [-0.05, 0) is 61.7 Å². The van der Waals surface area contributed by atoms with Crippen LogP contribution in [0.15, 0.2) is 53.0 Å². The molecule has 0 saturated heterocycles. The van der Waals surface area contributed by atoms with E-state index in [1.807, 2.05) is 24.3 Å². The summed E-state index contributed by atoms with van der Waals surface area (Å²) in [6, 6.07) is 11.5. The van der Waals surface area contributed by atoms with E-state index in [-0.39, 0.29) is 24.2 Å². The van der Waals surface area contributed by atoms with Crippen molar-refractivity contribution in [2.45, 2.75) is 57.7 Å². The quantitative estimate of drug-likeness (QED) is 0.448. The predicted octanol–water partition coefficient (Wildman–Crippen LogP) is 4.07. The number of benzene rings is 2. The van der Waals surface area contributed by atoms with Crippen LogP contribution in [0.1, 0.15) is 44.6 Å². The molecule has 3 rings (SSSR count). The van der Waals surface area contributed by atoms with Crippen LogP contribution in [-0.2, 0) is 26.3 Å². The van der Waals surface area contributed by atoms with Gasteiger partial charge < -0.3 is 10.2 Å². The predicted molar refractivity (Wildman–Crippen MR) is 146 cm³/mol. The molecular weight excluding hydrogens is 563 g/mol. The Labute approximate surface area is 227 Å². The third-order valence-corrected chi connectivity index (χ3v) is 8.81. The van der Waals surface area contributed by atoms with Crippen molar-refractivity contribution < 1.29 is 22.4 Å². The zero-order chi connectivity index (χ0) is 27.2. The number of halogens is 2. The first kappa shape index (κ1) is 29.1. The van der Waals surface area contributed by atoms with Crippen molar-refractivity contribution in [1.29, 1.82) is 0 Å². The van der Waals surface area contributed by atoms with E-state index in [0.29, 0.717) is 0 Å². The summed E-state index contributed by atoms with van der Waals surface area (Å²) in [6.45, 7) is 1.20. The van der Waals surface area contributed by atoms with Crippen LogP contribution in [0, 0.1) is 5.82 Å². The number of hydrogen-bond donors (Lipinski definition) is 1. The highest BCUT2D eigenvalue weighted by atomic mass is 79.9. The summed E-state index contributed by atoms with van der Waals surface area (Å²) in [5.74, 6) is -1.36. The van der Waals surface area contributed by atoms with Gasteiger partial charge in [0.05, 0.1) is 5.69 Å². The Morgan fingerprint density at radius 2 is 1.73 bits per heavy atom. The van der Waals surface area contributed by atoms with Crippen molar-refractivity contribution >= 4 is 43.6 Å². The molecule has 11 heteroatoms. The minimum atomic E-state index is -4.09. The van der Waals surface area contributed by atoms with Crippen molar-refractivity contribution in [1.82, 2.24) is 14.5 Å². The number of anilines is 1. The van der Waals surface area contributed by atoms with Gasteiger partial charge in [0.15, 0.2) is 0 Å². The summed E-state index contributed by atoms with van der Waals surface area (Å²) in [5.41, 5.74) is 0.925. The Balaban J connectivity index is 1.91. The smallest absolute Gasteiger partial charge is 0.304 e. The topological polar surface area (TPSA) is 90.0 Å². The van der Waals surface area contributed by atoms with Gasteiger partial charge in [-0.3, -0.25) is 9.59 Å². The van der Waals surface area contributed by atoms with E-state index in [9.17, 15) is 22.4 Å². The fourth-order valence-electron chi connectivity index (χ4n) is 4.31. The van der Waals surface area contributed by atoms with Gasteiger partial charge in [-0.2, -0.15) is 12.7 Å². The highest BCUT2D eigenvalue weighted by molar-refractivity contribution is 9.10. The maximum Gasteiger partial charge on any atom is 0.304 e. The summed E-state index contributed by atoms with van der Waals surface area (Å²) in [6.07, 6.45) is 5.05. The molecular formula is C26H34BrFN4O4S. The average Bonchev–Trinajstić information content (AvgIpc) is 2.86. The second kappa shape index (κ2) is 12.8. The number of nitrogens with one attached hydrogen (secondary N) is 1. The van der Waals surface area contributed by atoms with E-state index >= 15 is 0 Å². The SMILES string of the molecule is C[C@H](C(=O)NC1CCCCC1)N(Cc1cccc(Br)c1)C(=O)CN(c1ccc(F)cc1)S(=O)(=O)N(C)C. The molecule has 202 valence electrons. The lowest BCUT2D eigenvalue weighted by atomic mass is 9.95. The molecule has 0 aliphatic heterocycles. The Hall–Kier alpha value is -2.50. The summed E-state index contributed by atoms with van der Waals surface area (Å²) in [4.78, 5) is 28.3.